The van der Waals surface area contributed by atoms with Crippen LogP contribution in [0.25, 0.3) is 0 Å². The Morgan fingerprint density at radius 1 is 1.46 bits per heavy atom. The number of urea groups is 1. The van der Waals surface area contributed by atoms with E-state index < -0.39 is 0 Å². The van der Waals surface area contributed by atoms with Gasteiger partial charge in [-0.2, -0.15) is 4.99 Å². The maximum Gasteiger partial charge on any atom is 0.345 e. The van der Waals surface area contributed by atoms with Crippen LogP contribution in [0, 0.1) is 5.41 Å². The Labute approximate surface area is 77.8 Å². The molecule has 0 saturated heterocycles. The third kappa shape index (κ3) is 0.913. The summed E-state index contributed by atoms with van der Waals surface area (Å²) in [4.78, 5) is 16.7. The fraction of sp³-hybridized carbons (Fsp3) is 0.778. The highest BCUT2D eigenvalue weighted by atomic mass is 16.2. The highest BCUT2D eigenvalue weighted by molar-refractivity contribution is 6.06. The van der Waals surface area contributed by atoms with Crippen molar-refractivity contribution in [3.63, 3.8) is 0 Å². The lowest BCUT2D eigenvalue weighted by atomic mass is 9.58. The number of rotatable bonds is 0. The van der Waals surface area contributed by atoms with Gasteiger partial charge in [0.1, 0.15) is 11.4 Å². The molecule has 13 heavy (non-hydrogen) atoms. The minimum absolute atomic E-state index is 0.201. The summed E-state index contributed by atoms with van der Waals surface area (Å²) in [6.07, 6.45) is 1.86. The van der Waals surface area contributed by atoms with Gasteiger partial charge in [0.05, 0.1) is 0 Å². The lowest BCUT2D eigenvalue weighted by molar-refractivity contribution is 0.0267. The summed E-state index contributed by atoms with van der Waals surface area (Å²) in [5, 5.41) is 0. The summed E-state index contributed by atoms with van der Waals surface area (Å²) < 4.78 is 0. The molecule has 2 N–H and O–H groups in total. The highest BCUT2D eigenvalue weighted by Crippen LogP contribution is 2.52. The first-order valence-electron chi connectivity index (χ1n) is 4.50. The molecule has 0 atom stereocenters. The third-order valence-corrected chi connectivity index (χ3v) is 3.16. The fourth-order valence-electron chi connectivity index (χ4n) is 2.59. The van der Waals surface area contributed by atoms with Gasteiger partial charge in [-0.05, 0) is 18.3 Å². The number of carbonyl (C=O) groups is 1. The van der Waals surface area contributed by atoms with Crippen LogP contribution in [0.1, 0.15) is 26.7 Å². The maximum atomic E-state index is 11.3. The summed E-state index contributed by atoms with van der Waals surface area (Å²) in [5.41, 5.74) is 5.81. The van der Waals surface area contributed by atoms with E-state index in [-0.39, 0.29) is 11.6 Å². The van der Waals surface area contributed by atoms with E-state index in [0.717, 1.165) is 12.8 Å². The second-order valence-corrected chi connectivity index (χ2v) is 4.89. The molecule has 0 unspecified atom stereocenters. The average molecular weight is 181 g/mol. The summed E-state index contributed by atoms with van der Waals surface area (Å²) in [6.45, 7) is 4.37. The van der Waals surface area contributed by atoms with Crippen molar-refractivity contribution in [2.45, 2.75) is 32.2 Å². The van der Waals surface area contributed by atoms with E-state index in [2.05, 4.69) is 18.8 Å². The van der Waals surface area contributed by atoms with Gasteiger partial charge in [0, 0.05) is 7.05 Å². The van der Waals surface area contributed by atoms with Crippen LogP contribution >= 0.6 is 0 Å². The molecule has 0 bridgehead atoms. The van der Waals surface area contributed by atoms with Gasteiger partial charge >= 0.3 is 6.03 Å². The van der Waals surface area contributed by atoms with Gasteiger partial charge in [0.15, 0.2) is 0 Å². The van der Waals surface area contributed by atoms with Gasteiger partial charge in [-0.25, -0.2) is 4.79 Å². The maximum absolute atomic E-state index is 11.3. The molecule has 0 radical (unpaired) electrons. The first-order chi connectivity index (χ1) is 5.87. The van der Waals surface area contributed by atoms with E-state index in [1.807, 2.05) is 0 Å². The zero-order valence-corrected chi connectivity index (χ0v) is 8.29. The van der Waals surface area contributed by atoms with Crippen LogP contribution in [-0.4, -0.2) is 29.4 Å². The summed E-state index contributed by atoms with van der Waals surface area (Å²) in [7, 11) is 1.78. The largest absolute Gasteiger partial charge is 0.385 e. The number of carbonyl (C=O) groups excluding carboxylic acids is 1. The summed E-state index contributed by atoms with van der Waals surface area (Å²) in [6, 6.07) is -0.201. The monoisotopic (exact) mass is 181 g/mol. The van der Waals surface area contributed by atoms with Crippen molar-refractivity contribution < 1.29 is 4.79 Å². The zero-order chi connectivity index (χ0) is 9.85. The van der Waals surface area contributed by atoms with Crippen molar-refractivity contribution >= 4 is 11.9 Å². The van der Waals surface area contributed by atoms with E-state index >= 15 is 0 Å². The van der Waals surface area contributed by atoms with Crippen LogP contribution in [0.2, 0.25) is 0 Å². The van der Waals surface area contributed by atoms with Crippen LogP contribution in [0.4, 0.5) is 4.79 Å². The molecule has 1 fully saturated rings. The smallest absolute Gasteiger partial charge is 0.345 e. The van der Waals surface area contributed by atoms with Gasteiger partial charge in [-0.3, -0.25) is 0 Å². The molecular formula is C9H15N3O. The number of aliphatic imine (C=N–C) groups is 1. The van der Waals surface area contributed by atoms with Crippen LogP contribution in [0.3, 0.4) is 0 Å². The first kappa shape index (κ1) is 8.53. The van der Waals surface area contributed by atoms with Crippen molar-refractivity contribution in [2.75, 3.05) is 7.05 Å². The Balaban J connectivity index is 2.27. The standard InChI is InChI=1S/C9H15N3O/c1-8(2)4-9(5-8)6(10)11-7(13)12(9)3/h4-5H2,1-3H3,(H2,10,11,13). The first-order valence-corrected chi connectivity index (χ1v) is 4.50. The highest BCUT2D eigenvalue weighted by Gasteiger charge is 2.58. The third-order valence-electron chi connectivity index (χ3n) is 3.16. The number of amidine groups is 1. The van der Waals surface area contributed by atoms with Crippen molar-refractivity contribution in [3.8, 4) is 0 Å². The molecule has 0 aromatic carbocycles. The van der Waals surface area contributed by atoms with Crippen LogP contribution < -0.4 is 5.73 Å². The van der Waals surface area contributed by atoms with Gasteiger partial charge < -0.3 is 10.6 Å². The number of nitrogens with zero attached hydrogens (tertiary/aromatic N) is 2. The normalized spacial score (nSPS) is 29.0. The van der Waals surface area contributed by atoms with Crippen molar-refractivity contribution in [1.29, 1.82) is 0 Å². The molecule has 2 rings (SSSR count). The van der Waals surface area contributed by atoms with Gasteiger partial charge in [-0.1, -0.05) is 13.8 Å². The lowest BCUT2D eigenvalue weighted by Crippen LogP contribution is -2.63. The van der Waals surface area contributed by atoms with Crippen LogP contribution in [-0.2, 0) is 0 Å². The average Bonchev–Trinajstić information content (AvgIpc) is 2.13. The number of likely N-dealkylation sites (N-methyl/N-ethyl adjacent to an activating group) is 1. The van der Waals surface area contributed by atoms with E-state index in [4.69, 9.17) is 5.73 Å². The molecule has 72 valence electrons. The second kappa shape index (κ2) is 2.05. The molecular weight excluding hydrogens is 166 g/mol. The Bertz CT molecular complexity index is 298. The van der Waals surface area contributed by atoms with Gasteiger partial charge in [0.25, 0.3) is 0 Å². The molecule has 4 heteroatoms. The molecule has 0 aromatic heterocycles. The van der Waals surface area contributed by atoms with Crippen LogP contribution in [0.15, 0.2) is 4.99 Å². The number of nitrogens with two attached hydrogens (primary N) is 1. The van der Waals surface area contributed by atoms with E-state index in [1.54, 1.807) is 11.9 Å². The quantitative estimate of drug-likeness (QED) is 0.605. The summed E-state index contributed by atoms with van der Waals surface area (Å²) >= 11 is 0. The number of amides is 2. The SMILES string of the molecule is CN1C(=O)N=C(N)C12CC(C)(C)C2. The van der Waals surface area contributed by atoms with Gasteiger partial charge in [-0.15, -0.1) is 0 Å². The molecule has 2 amide bonds. The van der Waals surface area contributed by atoms with E-state index in [0.29, 0.717) is 11.3 Å². The topological polar surface area (TPSA) is 58.7 Å². The molecule has 1 saturated carbocycles. The van der Waals surface area contributed by atoms with Crippen molar-refractivity contribution in [1.82, 2.24) is 4.90 Å². The van der Waals surface area contributed by atoms with Crippen LogP contribution in [0.5, 0.6) is 0 Å². The summed E-state index contributed by atoms with van der Waals surface area (Å²) in [5.74, 6) is 0.499. The molecule has 2 aliphatic rings. The predicted molar refractivity (Wildman–Crippen MR) is 50.5 cm³/mol. The Hall–Kier alpha value is -1.06. The molecule has 1 heterocycles. The lowest BCUT2D eigenvalue weighted by Gasteiger charge is -2.53. The van der Waals surface area contributed by atoms with Gasteiger partial charge in [0.2, 0.25) is 0 Å². The minimum Gasteiger partial charge on any atom is -0.385 e. The van der Waals surface area contributed by atoms with E-state index in [1.165, 1.54) is 0 Å². The number of hydrogen-bond acceptors (Lipinski definition) is 2. The Morgan fingerprint density at radius 3 is 2.31 bits per heavy atom. The van der Waals surface area contributed by atoms with E-state index in [9.17, 15) is 4.79 Å². The second-order valence-electron chi connectivity index (χ2n) is 4.89. The molecule has 0 aromatic rings. The predicted octanol–water partition coefficient (Wildman–Crippen LogP) is 0.968. The molecule has 1 spiro atoms. The Morgan fingerprint density at radius 2 is 2.00 bits per heavy atom. The molecule has 4 nitrogen and oxygen atoms in total. The molecule has 1 aliphatic carbocycles. The minimum atomic E-state index is -0.249. The number of hydrogen-bond donors (Lipinski definition) is 1. The Kier molecular flexibility index (Phi) is 1.35. The van der Waals surface area contributed by atoms with Crippen molar-refractivity contribution in [2.24, 2.45) is 16.1 Å². The zero-order valence-electron chi connectivity index (χ0n) is 8.29. The fourth-order valence-corrected chi connectivity index (χ4v) is 2.59. The van der Waals surface area contributed by atoms with Crippen molar-refractivity contribution in [3.05, 3.63) is 0 Å². The molecule has 1 aliphatic heterocycles.